The molecule has 0 unspecified atom stereocenters. The van der Waals surface area contributed by atoms with Gasteiger partial charge in [-0.3, -0.25) is 9.59 Å². The number of ether oxygens (including phenoxy) is 1. The summed E-state index contributed by atoms with van der Waals surface area (Å²) in [6.07, 6.45) is 6.20. The van der Waals surface area contributed by atoms with Crippen molar-refractivity contribution in [2.45, 2.75) is 37.0 Å². The van der Waals surface area contributed by atoms with Crippen LogP contribution < -0.4 is 5.32 Å². The van der Waals surface area contributed by atoms with E-state index in [-0.39, 0.29) is 24.2 Å². The van der Waals surface area contributed by atoms with Crippen LogP contribution in [0.25, 0.3) is 0 Å². The van der Waals surface area contributed by atoms with Gasteiger partial charge >= 0.3 is 5.97 Å². The van der Waals surface area contributed by atoms with Gasteiger partial charge < -0.3 is 10.1 Å². The topological polar surface area (TPSA) is 55.4 Å². The molecule has 2 rings (SSSR count). The van der Waals surface area contributed by atoms with Gasteiger partial charge in [0.25, 0.3) is 5.91 Å². The number of rotatable bonds is 7. The van der Waals surface area contributed by atoms with E-state index in [1.54, 1.807) is 0 Å². The van der Waals surface area contributed by atoms with Crippen molar-refractivity contribution in [2.24, 2.45) is 5.92 Å². The summed E-state index contributed by atoms with van der Waals surface area (Å²) < 4.78 is 4.99. The van der Waals surface area contributed by atoms with E-state index in [2.05, 4.69) is 5.32 Å². The minimum Gasteiger partial charge on any atom is -0.455 e. The van der Waals surface area contributed by atoms with E-state index in [1.165, 1.54) is 43.9 Å². The fraction of sp³-hybridized carbons (Fsp3) is 0.529. The van der Waals surface area contributed by atoms with Crippen LogP contribution in [0.1, 0.15) is 32.1 Å². The molecule has 1 N–H and O–H groups in total. The Hall–Kier alpha value is -1.49. The number of thioether (sulfide) groups is 1. The molecule has 1 aromatic rings. The smallest absolute Gasteiger partial charge is 0.316 e. The Morgan fingerprint density at radius 1 is 1.14 bits per heavy atom. The van der Waals surface area contributed by atoms with Crippen molar-refractivity contribution in [1.82, 2.24) is 5.32 Å². The first kappa shape index (κ1) is 16.9. The van der Waals surface area contributed by atoms with Gasteiger partial charge in [0.05, 0.1) is 5.75 Å². The fourth-order valence-electron chi connectivity index (χ4n) is 2.55. The summed E-state index contributed by atoms with van der Waals surface area (Å²) >= 11 is 1.41. The maximum atomic E-state index is 11.7. The van der Waals surface area contributed by atoms with Crippen LogP contribution >= 0.6 is 11.8 Å². The fourth-order valence-corrected chi connectivity index (χ4v) is 3.26. The van der Waals surface area contributed by atoms with Gasteiger partial charge in [-0.1, -0.05) is 37.5 Å². The lowest BCUT2D eigenvalue weighted by Crippen LogP contribution is -2.33. The van der Waals surface area contributed by atoms with E-state index in [0.29, 0.717) is 12.5 Å². The molecule has 5 heteroatoms. The van der Waals surface area contributed by atoms with E-state index in [9.17, 15) is 9.59 Å². The lowest BCUT2D eigenvalue weighted by Gasteiger charge is -2.21. The highest BCUT2D eigenvalue weighted by molar-refractivity contribution is 8.00. The second-order valence-electron chi connectivity index (χ2n) is 5.57. The molecule has 0 radical (unpaired) electrons. The SMILES string of the molecule is O=C(COC(=O)CSc1ccccc1)NCC1CCCCC1. The summed E-state index contributed by atoms with van der Waals surface area (Å²) in [5, 5.41) is 2.86. The van der Waals surface area contributed by atoms with Crippen LogP contribution in [0, 0.1) is 5.92 Å². The molecule has 0 atom stereocenters. The Morgan fingerprint density at radius 3 is 2.59 bits per heavy atom. The first-order valence-electron chi connectivity index (χ1n) is 7.84. The third-order valence-corrected chi connectivity index (χ3v) is 4.76. The van der Waals surface area contributed by atoms with Gasteiger partial charge in [-0.05, 0) is 30.9 Å². The van der Waals surface area contributed by atoms with Gasteiger partial charge in [0, 0.05) is 11.4 Å². The zero-order valence-electron chi connectivity index (χ0n) is 12.8. The maximum Gasteiger partial charge on any atom is 0.316 e. The number of hydrogen-bond acceptors (Lipinski definition) is 4. The number of hydrogen-bond donors (Lipinski definition) is 1. The Labute approximate surface area is 136 Å². The summed E-state index contributed by atoms with van der Waals surface area (Å²) in [5.41, 5.74) is 0. The zero-order valence-corrected chi connectivity index (χ0v) is 13.6. The monoisotopic (exact) mass is 321 g/mol. The molecule has 22 heavy (non-hydrogen) atoms. The third kappa shape index (κ3) is 6.52. The highest BCUT2D eigenvalue weighted by atomic mass is 32.2. The van der Waals surface area contributed by atoms with Crippen molar-refractivity contribution in [3.05, 3.63) is 30.3 Å². The minimum atomic E-state index is -0.360. The molecule has 0 bridgehead atoms. The van der Waals surface area contributed by atoms with E-state index in [4.69, 9.17) is 4.74 Å². The predicted octanol–water partition coefficient (Wildman–Crippen LogP) is 3.02. The zero-order chi connectivity index (χ0) is 15.6. The maximum absolute atomic E-state index is 11.7. The second-order valence-corrected chi connectivity index (χ2v) is 6.62. The molecule has 1 amide bonds. The first-order valence-corrected chi connectivity index (χ1v) is 8.83. The van der Waals surface area contributed by atoms with Crippen LogP contribution in [0.3, 0.4) is 0 Å². The van der Waals surface area contributed by atoms with E-state index in [0.717, 1.165) is 4.90 Å². The van der Waals surface area contributed by atoms with Crippen molar-refractivity contribution in [3.8, 4) is 0 Å². The van der Waals surface area contributed by atoms with E-state index < -0.39 is 0 Å². The van der Waals surface area contributed by atoms with Crippen LogP contribution in [0.15, 0.2) is 35.2 Å². The van der Waals surface area contributed by atoms with Gasteiger partial charge in [0.1, 0.15) is 0 Å². The third-order valence-electron chi connectivity index (χ3n) is 3.78. The quantitative estimate of drug-likeness (QED) is 0.619. The normalized spacial score (nSPS) is 15.3. The Morgan fingerprint density at radius 2 is 1.86 bits per heavy atom. The Balaban J connectivity index is 1.56. The van der Waals surface area contributed by atoms with Gasteiger partial charge in [0.2, 0.25) is 0 Å². The first-order chi connectivity index (χ1) is 10.7. The van der Waals surface area contributed by atoms with Crippen molar-refractivity contribution < 1.29 is 14.3 Å². The Kier molecular flexibility index (Phi) is 7.30. The molecule has 120 valence electrons. The van der Waals surface area contributed by atoms with Crippen molar-refractivity contribution in [2.75, 3.05) is 18.9 Å². The molecule has 0 saturated heterocycles. The van der Waals surface area contributed by atoms with Gasteiger partial charge in [-0.25, -0.2) is 0 Å². The van der Waals surface area contributed by atoms with Crippen molar-refractivity contribution in [3.63, 3.8) is 0 Å². The van der Waals surface area contributed by atoms with Crippen LogP contribution in [-0.2, 0) is 14.3 Å². The number of carbonyl (C=O) groups is 2. The number of nitrogens with one attached hydrogen (secondary N) is 1. The van der Waals surface area contributed by atoms with Crippen LogP contribution in [-0.4, -0.2) is 30.8 Å². The molecular weight excluding hydrogens is 298 g/mol. The summed E-state index contributed by atoms with van der Waals surface area (Å²) in [6, 6.07) is 9.65. The van der Waals surface area contributed by atoms with Crippen molar-refractivity contribution in [1.29, 1.82) is 0 Å². The largest absolute Gasteiger partial charge is 0.455 e. The van der Waals surface area contributed by atoms with E-state index >= 15 is 0 Å². The molecule has 1 fully saturated rings. The number of benzene rings is 1. The molecule has 1 aliphatic rings. The average Bonchev–Trinajstić information content (AvgIpc) is 2.58. The number of esters is 1. The minimum absolute atomic E-state index is 0.180. The lowest BCUT2D eigenvalue weighted by molar-refractivity contribution is -0.146. The molecule has 1 aliphatic carbocycles. The van der Waals surface area contributed by atoms with Gasteiger partial charge in [-0.2, -0.15) is 0 Å². The van der Waals surface area contributed by atoms with Crippen LogP contribution in [0.5, 0.6) is 0 Å². The molecule has 0 aromatic heterocycles. The highest BCUT2D eigenvalue weighted by Crippen LogP contribution is 2.22. The lowest BCUT2D eigenvalue weighted by atomic mass is 9.89. The van der Waals surface area contributed by atoms with Crippen molar-refractivity contribution >= 4 is 23.6 Å². The molecule has 0 spiro atoms. The number of amides is 1. The molecule has 1 saturated carbocycles. The van der Waals surface area contributed by atoms with Crippen LogP contribution in [0.4, 0.5) is 0 Å². The summed E-state index contributed by atoms with van der Waals surface area (Å²) in [6.45, 7) is 0.524. The predicted molar refractivity (Wildman–Crippen MR) is 87.7 cm³/mol. The van der Waals surface area contributed by atoms with Gasteiger partial charge in [-0.15, -0.1) is 11.8 Å². The molecule has 0 aliphatic heterocycles. The molecule has 4 nitrogen and oxygen atoms in total. The molecule has 0 heterocycles. The number of carbonyl (C=O) groups excluding carboxylic acids is 2. The average molecular weight is 321 g/mol. The Bertz CT molecular complexity index is 472. The second kappa shape index (κ2) is 9.51. The van der Waals surface area contributed by atoms with Gasteiger partial charge in [0.15, 0.2) is 6.61 Å². The summed E-state index contributed by atoms with van der Waals surface area (Å²) in [4.78, 5) is 24.3. The summed E-state index contributed by atoms with van der Waals surface area (Å²) in [5.74, 6) is 0.243. The van der Waals surface area contributed by atoms with E-state index in [1.807, 2.05) is 30.3 Å². The molecule has 1 aromatic carbocycles. The standard InChI is InChI=1S/C17H23NO3S/c19-16(18-11-14-7-3-1-4-8-14)12-21-17(20)13-22-15-9-5-2-6-10-15/h2,5-6,9-10,14H,1,3-4,7-8,11-13H2,(H,18,19). The summed E-state index contributed by atoms with van der Waals surface area (Å²) in [7, 11) is 0. The highest BCUT2D eigenvalue weighted by Gasteiger charge is 2.15. The molecular formula is C17H23NO3S. The van der Waals surface area contributed by atoms with Crippen LogP contribution in [0.2, 0.25) is 0 Å².